The Kier molecular flexibility index (Phi) is 5.68. The van der Waals surface area contributed by atoms with Gasteiger partial charge in [-0.05, 0) is 39.5 Å². The molecule has 0 saturated heterocycles. The first kappa shape index (κ1) is 14.4. The first-order valence-corrected chi connectivity index (χ1v) is 6.45. The van der Waals surface area contributed by atoms with E-state index in [-0.39, 0.29) is 8.65 Å². The van der Waals surface area contributed by atoms with Crippen molar-refractivity contribution in [3.05, 3.63) is 25.3 Å². The Morgan fingerprint density at radius 1 is 1.07 bits per heavy atom. The molecule has 2 heteroatoms. The minimum absolute atomic E-state index is 0.0440. The minimum atomic E-state index is 0.0440. The van der Waals surface area contributed by atoms with Crippen molar-refractivity contribution in [3.8, 4) is 0 Å². The summed E-state index contributed by atoms with van der Waals surface area (Å²) in [5.74, 6) is 0.520. The molecule has 0 N–H and O–H groups in total. The van der Waals surface area contributed by atoms with Crippen LogP contribution in [0.4, 0.5) is 0 Å². The van der Waals surface area contributed by atoms with Gasteiger partial charge in [0.05, 0.1) is 0 Å². The van der Waals surface area contributed by atoms with E-state index in [4.69, 9.17) is 0 Å². The smallest absolute Gasteiger partial charge is 0.0411 e. The zero-order valence-electron chi connectivity index (χ0n) is 9.32. The van der Waals surface area contributed by atoms with Crippen LogP contribution in [0.1, 0.15) is 33.6 Å². The molecule has 0 spiro atoms. The van der Waals surface area contributed by atoms with E-state index in [0.717, 1.165) is 12.8 Å². The lowest BCUT2D eigenvalue weighted by atomic mass is 9.80. The largest absolute Gasteiger partial charge is 0.103 e. The predicted octanol–water partition coefficient (Wildman–Crippen LogP) is 5.08. The fraction of sp³-hybridized carbons (Fsp3) is 0.667. The molecule has 0 aliphatic carbocycles. The molecule has 0 fully saturated rings. The van der Waals surface area contributed by atoms with Crippen molar-refractivity contribution < 1.29 is 0 Å². The van der Waals surface area contributed by atoms with Gasteiger partial charge in [-0.3, -0.25) is 0 Å². The Morgan fingerprint density at radius 2 is 1.43 bits per heavy atom. The molecular formula is C12H20Br2. The van der Waals surface area contributed by atoms with E-state index in [0.29, 0.717) is 5.92 Å². The third-order valence-corrected chi connectivity index (χ3v) is 5.83. The van der Waals surface area contributed by atoms with E-state index in [1.54, 1.807) is 0 Å². The zero-order valence-corrected chi connectivity index (χ0v) is 12.5. The third kappa shape index (κ3) is 3.54. The fourth-order valence-electron chi connectivity index (χ4n) is 1.43. The number of halogens is 2. The molecule has 1 unspecified atom stereocenters. The maximum atomic E-state index is 3.83. The average molecular weight is 324 g/mol. The van der Waals surface area contributed by atoms with Crippen LogP contribution in [0.3, 0.4) is 0 Å². The van der Waals surface area contributed by atoms with Gasteiger partial charge < -0.3 is 0 Å². The number of hydrogen-bond acceptors (Lipinski definition) is 0. The lowest BCUT2D eigenvalue weighted by Crippen LogP contribution is -2.43. The molecule has 0 aromatic rings. The Morgan fingerprint density at radius 3 is 1.64 bits per heavy atom. The third-order valence-electron chi connectivity index (χ3n) is 2.83. The van der Waals surface area contributed by atoms with Gasteiger partial charge in [0.2, 0.25) is 0 Å². The number of alkyl halides is 2. The van der Waals surface area contributed by atoms with E-state index < -0.39 is 0 Å². The molecule has 0 heterocycles. The van der Waals surface area contributed by atoms with Crippen LogP contribution >= 0.6 is 31.9 Å². The number of rotatable bonds is 6. The summed E-state index contributed by atoms with van der Waals surface area (Å²) in [5.41, 5.74) is 0. The van der Waals surface area contributed by atoms with Gasteiger partial charge in [0.1, 0.15) is 0 Å². The minimum Gasteiger partial charge on any atom is -0.103 e. The molecule has 0 radical (unpaired) electrons. The van der Waals surface area contributed by atoms with Crippen molar-refractivity contribution in [1.82, 2.24) is 0 Å². The van der Waals surface area contributed by atoms with Crippen molar-refractivity contribution in [2.24, 2.45) is 5.92 Å². The van der Waals surface area contributed by atoms with Crippen LogP contribution < -0.4 is 0 Å². The van der Waals surface area contributed by atoms with Gasteiger partial charge in [-0.2, -0.15) is 0 Å². The lowest BCUT2D eigenvalue weighted by Gasteiger charge is -2.41. The van der Waals surface area contributed by atoms with Crippen LogP contribution in [0.25, 0.3) is 0 Å². The van der Waals surface area contributed by atoms with E-state index >= 15 is 0 Å². The quantitative estimate of drug-likeness (QED) is 0.472. The lowest BCUT2D eigenvalue weighted by molar-refractivity contribution is 0.361. The van der Waals surface area contributed by atoms with Gasteiger partial charge in [-0.25, -0.2) is 0 Å². The predicted molar refractivity (Wildman–Crippen MR) is 73.5 cm³/mol. The summed E-state index contributed by atoms with van der Waals surface area (Å²) in [6, 6.07) is 0. The van der Waals surface area contributed by atoms with Gasteiger partial charge in [0.25, 0.3) is 0 Å². The van der Waals surface area contributed by atoms with Crippen molar-refractivity contribution in [2.45, 2.75) is 42.3 Å². The Hall–Kier alpha value is 0.440. The van der Waals surface area contributed by atoms with E-state index in [9.17, 15) is 0 Å². The first-order valence-electron chi connectivity index (χ1n) is 4.87. The monoisotopic (exact) mass is 322 g/mol. The zero-order chi connectivity index (χ0) is 11.4. The van der Waals surface area contributed by atoms with Gasteiger partial charge in [0, 0.05) is 8.65 Å². The van der Waals surface area contributed by atoms with Gasteiger partial charge in [0.15, 0.2) is 0 Å². The van der Waals surface area contributed by atoms with Crippen LogP contribution in [-0.2, 0) is 0 Å². The van der Waals surface area contributed by atoms with Crippen LogP contribution in [0.2, 0.25) is 0 Å². The number of hydrogen-bond donors (Lipinski definition) is 0. The number of allylic oxidation sites excluding steroid dienone is 2. The van der Waals surface area contributed by atoms with Gasteiger partial charge >= 0.3 is 0 Å². The summed E-state index contributed by atoms with van der Waals surface area (Å²) in [4.78, 5) is 0. The maximum absolute atomic E-state index is 3.83. The standard InChI is InChI=1S/C12H20Br2/c1-6-8-10(9-7-2)12(5,14)11(3,4)13/h6-7,10H,1-2,8-9H2,3-5H3. The van der Waals surface area contributed by atoms with E-state index in [1.165, 1.54) is 0 Å². The van der Waals surface area contributed by atoms with Gasteiger partial charge in [-0.15, -0.1) is 13.2 Å². The Bertz CT molecular complexity index is 189. The van der Waals surface area contributed by atoms with Crippen LogP contribution in [0, 0.1) is 5.92 Å². The van der Waals surface area contributed by atoms with Crippen LogP contribution in [-0.4, -0.2) is 8.65 Å². The summed E-state index contributed by atoms with van der Waals surface area (Å²) in [7, 11) is 0. The molecule has 0 aliphatic rings. The molecule has 0 nitrogen and oxygen atoms in total. The Labute approximate surface area is 105 Å². The SMILES string of the molecule is C=CCC(CC=C)C(C)(Br)C(C)(C)Br. The molecule has 82 valence electrons. The molecule has 0 amide bonds. The van der Waals surface area contributed by atoms with Crippen LogP contribution in [0.5, 0.6) is 0 Å². The van der Waals surface area contributed by atoms with Crippen molar-refractivity contribution in [2.75, 3.05) is 0 Å². The molecular weight excluding hydrogens is 304 g/mol. The van der Waals surface area contributed by atoms with Crippen molar-refractivity contribution >= 4 is 31.9 Å². The fourth-order valence-corrected chi connectivity index (χ4v) is 2.12. The maximum Gasteiger partial charge on any atom is 0.0411 e. The Balaban J connectivity index is 4.77. The van der Waals surface area contributed by atoms with E-state index in [2.05, 4.69) is 65.8 Å². The topological polar surface area (TPSA) is 0 Å². The average Bonchev–Trinajstić information content (AvgIpc) is 2.02. The second-order valence-corrected chi connectivity index (χ2v) is 7.92. The summed E-state index contributed by atoms with van der Waals surface area (Å²) in [6.07, 6.45) is 5.96. The molecule has 0 aliphatic heterocycles. The molecule has 0 rings (SSSR count). The highest BCUT2D eigenvalue weighted by Gasteiger charge is 2.42. The highest BCUT2D eigenvalue weighted by Crippen LogP contribution is 2.46. The normalized spacial score (nSPS) is 16.4. The van der Waals surface area contributed by atoms with Crippen molar-refractivity contribution in [3.63, 3.8) is 0 Å². The van der Waals surface area contributed by atoms with Crippen molar-refractivity contribution in [1.29, 1.82) is 0 Å². The molecule has 14 heavy (non-hydrogen) atoms. The molecule has 0 aromatic heterocycles. The van der Waals surface area contributed by atoms with Crippen LogP contribution in [0.15, 0.2) is 25.3 Å². The summed E-state index contributed by atoms with van der Waals surface area (Å²) < 4.78 is 0.0963. The second kappa shape index (κ2) is 5.50. The molecule has 0 bridgehead atoms. The highest BCUT2D eigenvalue weighted by molar-refractivity contribution is 9.13. The molecule has 0 saturated carbocycles. The highest BCUT2D eigenvalue weighted by atomic mass is 79.9. The summed E-state index contributed by atoms with van der Waals surface area (Å²) in [5, 5.41) is 0. The second-order valence-electron chi connectivity index (χ2n) is 4.29. The molecule has 0 aromatic carbocycles. The van der Waals surface area contributed by atoms with Gasteiger partial charge in [-0.1, -0.05) is 44.0 Å². The first-order chi connectivity index (χ1) is 6.27. The summed E-state index contributed by atoms with van der Waals surface area (Å²) >= 11 is 7.55. The van der Waals surface area contributed by atoms with E-state index in [1.807, 2.05) is 12.2 Å². The molecule has 1 atom stereocenters. The summed E-state index contributed by atoms with van der Waals surface area (Å²) in [6.45, 7) is 14.2.